The van der Waals surface area contributed by atoms with Gasteiger partial charge in [0.1, 0.15) is 0 Å². The van der Waals surface area contributed by atoms with E-state index in [1.807, 2.05) is 31.2 Å². The van der Waals surface area contributed by atoms with Gasteiger partial charge in [0.05, 0.1) is 28.9 Å². The second kappa shape index (κ2) is 6.45. The summed E-state index contributed by atoms with van der Waals surface area (Å²) in [7, 11) is 0. The molecule has 124 valence electrons. The molecule has 1 heterocycles. The first kappa shape index (κ1) is 15.5. The Hall–Kier alpha value is -3.06. The van der Waals surface area contributed by atoms with Crippen LogP contribution in [0.3, 0.4) is 0 Å². The monoisotopic (exact) mass is 328 g/mol. The highest BCUT2D eigenvalue weighted by molar-refractivity contribution is 5.89. The summed E-state index contributed by atoms with van der Waals surface area (Å²) in [4.78, 5) is 0. The van der Waals surface area contributed by atoms with E-state index >= 15 is 0 Å². The number of hydrogen-bond acceptors (Lipinski definition) is 3. The zero-order chi connectivity index (χ0) is 17.2. The lowest BCUT2D eigenvalue weighted by Crippen LogP contribution is -2.17. The molecule has 0 radical (unpaired) electrons. The van der Waals surface area contributed by atoms with Crippen LogP contribution in [0.1, 0.15) is 48.2 Å². The summed E-state index contributed by atoms with van der Waals surface area (Å²) in [6.45, 7) is 2.00. The molecule has 4 heteroatoms. The molecule has 0 spiro atoms. The molecule has 1 aliphatic carbocycles. The van der Waals surface area contributed by atoms with Crippen molar-refractivity contribution in [2.24, 2.45) is 0 Å². The molecule has 0 aliphatic heterocycles. The van der Waals surface area contributed by atoms with Crippen molar-refractivity contribution in [2.45, 2.75) is 32.2 Å². The van der Waals surface area contributed by atoms with E-state index in [-0.39, 0.29) is 6.04 Å². The normalized spacial score (nSPS) is 16.7. The van der Waals surface area contributed by atoms with E-state index in [2.05, 4.69) is 45.8 Å². The summed E-state index contributed by atoms with van der Waals surface area (Å²) in [5.41, 5.74) is 6.45. The van der Waals surface area contributed by atoms with Gasteiger partial charge in [0.15, 0.2) is 0 Å². The van der Waals surface area contributed by atoms with Crippen LogP contribution in [0.4, 0.5) is 5.69 Å². The predicted molar refractivity (Wildman–Crippen MR) is 101 cm³/mol. The van der Waals surface area contributed by atoms with Crippen molar-refractivity contribution in [1.29, 1.82) is 5.26 Å². The molecule has 2 aromatic carbocycles. The maximum absolute atomic E-state index is 9.11. The number of H-pyrrole nitrogens is 1. The minimum atomic E-state index is 0.283. The van der Waals surface area contributed by atoms with Gasteiger partial charge >= 0.3 is 0 Å². The first-order valence-electron chi connectivity index (χ1n) is 8.69. The maximum atomic E-state index is 9.11. The number of nitrogens with one attached hydrogen (secondary N) is 2. The van der Waals surface area contributed by atoms with Crippen LogP contribution in [0, 0.1) is 11.3 Å². The van der Waals surface area contributed by atoms with Crippen LogP contribution in [0.5, 0.6) is 0 Å². The fourth-order valence-electron chi connectivity index (χ4n) is 3.64. The van der Waals surface area contributed by atoms with Crippen molar-refractivity contribution in [3.05, 3.63) is 64.9 Å². The van der Waals surface area contributed by atoms with Crippen LogP contribution in [-0.4, -0.2) is 10.2 Å². The van der Waals surface area contributed by atoms with E-state index in [1.165, 1.54) is 11.1 Å². The molecule has 1 atom stereocenters. The van der Waals surface area contributed by atoms with Crippen molar-refractivity contribution in [1.82, 2.24) is 10.2 Å². The van der Waals surface area contributed by atoms with Gasteiger partial charge in [-0.3, -0.25) is 5.10 Å². The van der Waals surface area contributed by atoms with Crippen LogP contribution in [0.25, 0.3) is 17.0 Å². The molecule has 0 amide bonds. The van der Waals surface area contributed by atoms with E-state index < -0.39 is 0 Å². The van der Waals surface area contributed by atoms with Crippen LogP contribution >= 0.6 is 0 Å². The number of aromatic amines is 1. The molecule has 0 bridgehead atoms. The molecule has 3 aromatic rings. The Kier molecular flexibility index (Phi) is 3.99. The fraction of sp³-hybridized carbons (Fsp3) is 0.238. The second-order valence-corrected chi connectivity index (χ2v) is 6.48. The summed E-state index contributed by atoms with van der Waals surface area (Å²) in [6, 6.07) is 14.9. The number of benzene rings is 2. The zero-order valence-corrected chi connectivity index (χ0v) is 14.2. The largest absolute Gasteiger partial charge is 0.378 e. The van der Waals surface area contributed by atoms with Crippen LogP contribution in [0.15, 0.2) is 42.5 Å². The van der Waals surface area contributed by atoms with Gasteiger partial charge < -0.3 is 5.32 Å². The van der Waals surface area contributed by atoms with E-state index in [1.54, 1.807) is 0 Å². The number of nitrogens with zero attached hydrogens (tertiary/aromatic N) is 2. The third-order valence-electron chi connectivity index (χ3n) is 4.84. The Labute approximate surface area is 147 Å². The number of rotatable bonds is 3. The summed E-state index contributed by atoms with van der Waals surface area (Å²) in [5.74, 6) is 0. The summed E-state index contributed by atoms with van der Waals surface area (Å²) >= 11 is 0. The molecule has 4 nitrogen and oxygen atoms in total. The van der Waals surface area contributed by atoms with E-state index in [0.717, 1.165) is 47.1 Å². The van der Waals surface area contributed by atoms with Gasteiger partial charge in [0.2, 0.25) is 0 Å². The number of fused-ring (bicyclic) bond motifs is 2. The summed E-state index contributed by atoms with van der Waals surface area (Å²) in [5, 5.41) is 21.3. The van der Waals surface area contributed by atoms with E-state index in [9.17, 15) is 0 Å². The third-order valence-corrected chi connectivity index (χ3v) is 4.84. The number of aryl methyl sites for hydroxylation is 1. The van der Waals surface area contributed by atoms with Crippen molar-refractivity contribution >= 4 is 22.7 Å². The van der Waals surface area contributed by atoms with Crippen LogP contribution in [-0.2, 0) is 6.42 Å². The van der Waals surface area contributed by atoms with Gasteiger partial charge in [-0.2, -0.15) is 10.4 Å². The number of hydrogen-bond donors (Lipinski definition) is 2. The fourth-order valence-corrected chi connectivity index (χ4v) is 3.64. The molecule has 25 heavy (non-hydrogen) atoms. The van der Waals surface area contributed by atoms with Crippen LogP contribution < -0.4 is 5.32 Å². The zero-order valence-electron chi connectivity index (χ0n) is 14.2. The average Bonchev–Trinajstić information content (AvgIpc) is 3.04. The SMILES string of the molecule is C/C=C/c1n[nH]c2ccc(NC3CCCc4cc(C#N)ccc43)cc12. The number of aromatic nitrogens is 2. The lowest BCUT2D eigenvalue weighted by molar-refractivity contribution is 0.600. The Bertz CT molecular complexity index is 991. The van der Waals surface area contributed by atoms with Gasteiger partial charge in [-0.15, -0.1) is 0 Å². The Balaban J connectivity index is 1.66. The summed E-state index contributed by atoms with van der Waals surface area (Å²) in [6.07, 6.45) is 7.30. The Morgan fingerprint density at radius 3 is 3.04 bits per heavy atom. The van der Waals surface area contributed by atoms with Crippen molar-refractivity contribution in [3.63, 3.8) is 0 Å². The minimum Gasteiger partial charge on any atom is -0.378 e. The molecule has 0 saturated heterocycles. The molecular formula is C21H20N4. The highest BCUT2D eigenvalue weighted by Gasteiger charge is 2.20. The van der Waals surface area contributed by atoms with Crippen molar-refractivity contribution in [2.75, 3.05) is 5.32 Å². The van der Waals surface area contributed by atoms with Gasteiger partial charge in [0, 0.05) is 11.1 Å². The second-order valence-electron chi connectivity index (χ2n) is 6.48. The standard InChI is InChI=1S/C21H20N4/c1-2-4-20-18-12-16(8-10-21(18)25-24-20)23-19-6-3-5-15-11-14(13-22)7-9-17(15)19/h2,4,7-12,19,23H,3,5-6H2,1H3,(H,24,25)/b4-2+. The topological polar surface area (TPSA) is 64.5 Å². The molecular weight excluding hydrogens is 308 g/mol. The first-order valence-corrected chi connectivity index (χ1v) is 8.69. The number of nitriles is 1. The maximum Gasteiger partial charge on any atom is 0.0991 e. The molecule has 0 fully saturated rings. The van der Waals surface area contributed by atoms with Crippen molar-refractivity contribution in [3.8, 4) is 6.07 Å². The molecule has 1 aliphatic rings. The average molecular weight is 328 g/mol. The number of anilines is 1. The first-order chi connectivity index (χ1) is 12.3. The molecule has 1 unspecified atom stereocenters. The Morgan fingerprint density at radius 1 is 1.28 bits per heavy atom. The number of allylic oxidation sites excluding steroid dienone is 1. The van der Waals surface area contributed by atoms with Crippen molar-refractivity contribution < 1.29 is 0 Å². The van der Waals surface area contributed by atoms with Gasteiger partial charge in [-0.1, -0.05) is 12.1 Å². The quantitative estimate of drug-likeness (QED) is 0.714. The van der Waals surface area contributed by atoms with Gasteiger partial charge in [-0.25, -0.2) is 0 Å². The molecule has 0 saturated carbocycles. The smallest absolute Gasteiger partial charge is 0.0991 e. The third kappa shape index (κ3) is 2.89. The van der Waals surface area contributed by atoms with E-state index in [4.69, 9.17) is 5.26 Å². The van der Waals surface area contributed by atoms with Gasteiger partial charge in [0.25, 0.3) is 0 Å². The highest BCUT2D eigenvalue weighted by atomic mass is 15.1. The molecule has 1 aromatic heterocycles. The van der Waals surface area contributed by atoms with E-state index in [0.29, 0.717) is 0 Å². The van der Waals surface area contributed by atoms with Crippen LogP contribution in [0.2, 0.25) is 0 Å². The lowest BCUT2D eigenvalue weighted by atomic mass is 9.86. The summed E-state index contributed by atoms with van der Waals surface area (Å²) < 4.78 is 0. The lowest BCUT2D eigenvalue weighted by Gasteiger charge is -2.27. The molecule has 2 N–H and O–H groups in total. The highest BCUT2D eigenvalue weighted by Crippen LogP contribution is 2.34. The Morgan fingerprint density at radius 2 is 2.20 bits per heavy atom. The van der Waals surface area contributed by atoms with Gasteiger partial charge in [-0.05, 0) is 73.7 Å². The molecule has 4 rings (SSSR count). The minimum absolute atomic E-state index is 0.283. The predicted octanol–water partition coefficient (Wildman–Crippen LogP) is 4.96.